The molecular weight excluding hydrogens is 262 g/mol. The Hall–Kier alpha value is -2.08. The number of nitrogen functional groups attached to an aromatic ring is 1. The van der Waals surface area contributed by atoms with Crippen molar-refractivity contribution in [3.8, 4) is 0 Å². The third-order valence-corrected chi connectivity index (χ3v) is 3.31. The van der Waals surface area contributed by atoms with E-state index in [4.69, 9.17) is 10.5 Å². The number of ether oxygens (including phenoxy) is 1. The van der Waals surface area contributed by atoms with Gasteiger partial charge in [-0.3, -0.25) is 0 Å². The summed E-state index contributed by atoms with van der Waals surface area (Å²) in [6, 6.07) is 9.88. The fourth-order valence-corrected chi connectivity index (χ4v) is 2.30. The average molecular weight is 277 g/mol. The van der Waals surface area contributed by atoms with Crippen LogP contribution in [-0.4, -0.2) is 16.9 Å². The van der Waals surface area contributed by atoms with Gasteiger partial charge in [0.2, 0.25) is 0 Å². The Morgan fingerprint density at radius 1 is 1.42 bits per heavy atom. The lowest BCUT2D eigenvalue weighted by Crippen LogP contribution is -2.09. The van der Waals surface area contributed by atoms with E-state index in [0.29, 0.717) is 23.7 Å². The van der Waals surface area contributed by atoms with Crippen LogP contribution in [0.1, 0.15) is 22.8 Å². The fraction of sp³-hybridized carbons (Fsp3) is 0.231. The van der Waals surface area contributed by atoms with Crippen molar-refractivity contribution in [2.75, 3.05) is 17.7 Å². The summed E-state index contributed by atoms with van der Waals surface area (Å²) in [4.78, 5) is 11.8. The largest absolute Gasteiger partial charge is 0.462 e. The van der Waals surface area contributed by atoms with Gasteiger partial charge in [-0.05, 0) is 24.0 Å². The number of hydrogen-bond donors (Lipinski definition) is 2. The Labute approximate surface area is 115 Å². The molecule has 5 nitrogen and oxygen atoms in total. The number of nitrogens with zero attached hydrogens (tertiary/aromatic N) is 1. The zero-order chi connectivity index (χ0) is 13.7. The number of rotatable bonds is 5. The quantitative estimate of drug-likeness (QED) is 0.821. The molecule has 1 aromatic carbocycles. The zero-order valence-corrected chi connectivity index (χ0v) is 11.4. The fourth-order valence-electron chi connectivity index (χ4n) is 1.60. The van der Waals surface area contributed by atoms with Gasteiger partial charge < -0.3 is 15.8 Å². The van der Waals surface area contributed by atoms with Gasteiger partial charge in [-0.2, -0.15) is 4.37 Å². The van der Waals surface area contributed by atoms with Gasteiger partial charge >= 0.3 is 5.97 Å². The van der Waals surface area contributed by atoms with Crippen molar-refractivity contribution in [3.05, 3.63) is 41.5 Å². The van der Waals surface area contributed by atoms with Gasteiger partial charge in [0.25, 0.3) is 0 Å². The van der Waals surface area contributed by atoms with Crippen LogP contribution >= 0.6 is 11.5 Å². The van der Waals surface area contributed by atoms with Crippen molar-refractivity contribution in [2.24, 2.45) is 0 Å². The van der Waals surface area contributed by atoms with Crippen molar-refractivity contribution >= 4 is 28.3 Å². The highest BCUT2D eigenvalue weighted by atomic mass is 32.1. The first-order valence-electron chi connectivity index (χ1n) is 5.92. The van der Waals surface area contributed by atoms with Gasteiger partial charge in [0.15, 0.2) is 5.82 Å². The molecule has 0 bridgehead atoms. The number of nitrogens with two attached hydrogens (primary N) is 1. The molecule has 0 atom stereocenters. The molecule has 0 spiro atoms. The summed E-state index contributed by atoms with van der Waals surface area (Å²) in [6.45, 7) is 2.67. The van der Waals surface area contributed by atoms with Gasteiger partial charge in [-0.1, -0.05) is 30.3 Å². The highest BCUT2D eigenvalue weighted by Crippen LogP contribution is 2.27. The van der Waals surface area contributed by atoms with Gasteiger partial charge in [0.1, 0.15) is 10.6 Å². The smallest absolute Gasteiger partial charge is 0.344 e. The molecule has 2 aromatic rings. The van der Waals surface area contributed by atoms with Crippen LogP contribution < -0.4 is 11.1 Å². The van der Waals surface area contributed by atoms with Crippen LogP contribution in [0, 0.1) is 0 Å². The molecule has 0 unspecified atom stereocenters. The second kappa shape index (κ2) is 6.19. The molecule has 3 N–H and O–H groups in total. The van der Waals surface area contributed by atoms with Crippen LogP contribution in [0.5, 0.6) is 0 Å². The highest BCUT2D eigenvalue weighted by molar-refractivity contribution is 7.11. The summed E-state index contributed by atoms with van der Waals surface area (Å²) in [5.74, 6) is -0.233. The lowest BCUT2D eigenvalue weighted by Gasteiger charge is -2.06. The molecule has 19 heavy (non-hydrogen) atoms. The Kier molecular flexibility index (Phi) is 4.35. The van der Waals surface area contributed by atoms with Crippen LogP contribution in [0.25, 0.3) is 0 Å². The van der Waals surface area contributed by atoms with Crippen LogP contribution in [-0.2, 0) is 11.3 Å². The minimum absolute atomic E-state index is 0.207. The van der Waals surface area contributed by atoms with Gasteiger partial charge in [-0.15, -0.1) is 0 Å². The monoisotopic (exact) mass is 277 g/mol. The van der Waals surface area contributed by atoms with Gasteiger partial charge in [0, 0.05) is 6.54 Å². The van der Waals surface area contributed by atoms with E-state index < -0.39 is 5.97 Å². The third kappa shape index (κ3) is 3.23. The molecule has 1 heterocycles. The van der Waals surface area contributed by atoms with Crippen molar-refractivity contribution in [1.29, 1.82) is 0 Å². The molecule has 0 aliphatic rings. The normalized spacial score (nSPS) is 10.2. The van der Waals surface area contributed by atoms with E-state index in [9.17, 15) is 4.79 Å². The maximum atomic E-state index is 11.8. The van der Waals surface area contributed by atoms with E-state index in [1.54, 1.807) is 6.92 Å². The molecule has 0 aliphatic carbocycles. The maximum absolute atomic E-state index is 11.8. The number of esters is 1. The molecule has 0 fully saturated rings. The van der Waals surface area contributed by atoms with Crippen molar-refractivity contribution in [3.63, 3.8) is 0 Å². The third-order valence-electron chi connectivity index (χ3n) is 2.49. The molecule has 1 aromatic heterocycles. The van der Waals surface area contributed by atoms with E-state index in [1.807, 2.05) is 30.3 Å². The second-order valence-corrected chi connectivity index (χ2v) is 4.60. The molecule has 100 valence electrons. The summed E-state index contributed by atoms with van der Waals surface area (Å²) in [5.41, 5.74) is 7.14. The lowest BCUT2D eigenvalue weighted by atomic mass is 10.2. The number of carbonyl (C=O) groups excluding carboxylic acids is 1. The number of hydrogen-bond acceptors (Lipinski definition) is 6. The number of nitrogens with one attached hydrogen (secondary N) is 1. The molecule has 0 saturated heterocycles. The first-order chi connectivity index (χ1) is 9.22. The summed E-state index contributed by atoms with van der Waals surface area (Å²) < 4.78 is 8.96. The summed E-state index contributed by atoms with van der Waals surface area (Å²) >= 11 is 1.16. The van der Waals surface area contributed by atoms with Crippen LogP contribution in [0.2, 0.25) is 0 Å². The Morgan fingerprint density at radius 3 is 2.84 bits per heavy atom. The molecular formula is C13H15N3O2S. The van der Waals surface area contributed by atoms with E-state index in [2.05, 4.69) is 9.69 Å². The molecule has 0 radical (unpaired) electrons. The van der Waals surface area contributed by atoms with Crippen molar-refractivity contribution in [1.82, 2.24) is 4.37 Å². The topological polar surface area (TPSA) is 77.2 Å². The standard InChI is InChI=1S/C13H15N3O2S/c1-2-18-13(17)10-11(14)16-19-12(10)15-8-9-6-4-3-5-7-9/h3-7,15H,2,8H2,1H3,(H2,14,16). The molecule has 0 aliphatic heterocycles. The van der Waals surface area contributed by atoms with Crippen molar-refractivity contribution in [2.45, 2.75) is 13.5 Å². The minimum Gasteiger partial charge on any atom is -0.462 e. The predicted octanol–water partition coefficient (Wildman–Crippen LogP) is 2.51. The Balaban J connectivity index is 2.11. The minimum atomic E-state index is -0.440. The summed E-state index contributed by atoms with van der Waals surface area (Å²) in [6.07, 6.45) is 0. The van der Waals surface area contributed by atoms with E-state index in [-0.39, 0.29) is 5.82 Å². The van der Waals surface area contributed by atoms with Crippen LogP contribution in [0.3, 0.4) is 0 Å². The Bertz CT molecular complexity index is 554. The van der Waals surface area contributed by atoms with E-state index in [0.717, 1.165) is 17.1 Å². The molecule has 0 amide bonds. The average Bonchev–Trinajstić information content (AvgIpc) is 2.79. The second-order valence-electron chi connectivity index (χ2n) is 3.83. The lowest BCUT2D eigenvalue weighted by molar-refractivity contribution is 0.0529. The highest BCUT2D eigenvalue weighted by Gasteiger charge is 2.20. The molecule has 0 saturated carbocycles. The van der Waals surface area contributed by atoms with E-state index >= 15 is 0 Å². The number of aromatic nitrogens is 1. The maximum Gasteiger partial charge on any atom is 0.344 e. The van der Waals surface area contributed by atoms with Crippen LogP contribution in [0.4, 0.5) is 10.8 Å². The summed E-state index contributed by atoms with van der Waals surface area (Å²) in [5, 5.41) is 3.80. The van der Waals surface area contributed by atoms with Crippen LogP contribution in [0.15, 0.2) is 30.3 Å². The van der Waals surface area contributed by atoms with Gasteiger partial charge in [-0.25, -0.2) is 4.79 Å². The number of anilines is 2. The van der Waals surface area contributed by atoms with Gasteiger partial charge in [0.05, 0.1) is 6.61 Å². The number of carbonyl (C=O) groups is 1. The molecule has 2 rings (SSSR count). The first kappa shape index (κ1) is 13.4. The molecule has 6 heteroatoms. The zero-order valence-electron chi connectivity index (χ0n) is 10.6. The predicted molar refractivity (Wildman–Crippen MR) is 76.3 cm³/mol. The number of benzene rings is 1. The van der Waals surface area contributed by atoms with Crippen molar-refractivity contribution < 1.29 is 9.53 Å². The Morgan fingerprint density at radius 2 is 2.16 bits per heavy atom. The summed E-state index contributed by atoms with van der Waals surface area (Å²) in [7, 11) is 0. The first-order valence-corrected chi connectivity index (χ1v) is 6.69. The van der Waals surface area contributed by atoms with E-state index in [1.165, 1.54) is 0 Å². The SMILES string of the molecule is CCOC(=O)c1c(N)nsc1NCc1ccccc1.